The van der Waals surface area contributed by atoms with Crippen molar-refractivity contribution in [3.05, 3.63) is 47.8 Å². The first-order valence-corrected chi connectivity index (χ1v) is 6.42. The molecule has 0 saturated heterocycles. The van der Waals surface area contributed by atoms with Gasteiger partial charge in [-0.2, -0.15) is 0 Å². The van der Waals surface area contributed by atoms with Crippen LogP contribution in [0, 0.1) is 0 Å². The molecule has 1 aliphatic heterocycles. The largest absolute Gasteiger partial charge is 0.506 e. The van der Waals surface area contributed by atoms with Gasteiger partial charge in [0.15, 0.2) is 0 Å². The summed E-state index contributed by atoms with van der Waals surface area (Å²) in [5.41, 5.74) is 2.34. The van der Waals surface area contributed by atoms with Crippen molar-refractivity contribution in [2.24, 2.45) is 7.05 Å². The van der Waals surface area contributed by atoms with Crippen LogP contribution in [-0.2, 0) is 13.5 Å². The maximum Gasteiger partial charge on any atom is 0.274 e. The summed E-state index contributed by atoms with van der Waals surface area (Å²) in [5.74, 6) is 0.120. The second-order valence-corrected chi connectivity index (χ2v) is 4.85. The number of aromatic hydroxyl groups is 1. The lowest BCUT2D eigenvalue weighted by Gasteiger charge is -2.30. The van der Waals surface area contributed by atoms with Gasteiger partial charge in [-0.05, 0) is 36.6 Å². The molecule has 0 spiro atoms. The van der Waals surface area contributed by atoms with Gasteiger partial charge in [0.2, 0.25) is 0 Å². The number of aromatic nitrogens is 1. The van der Waals surface area contributed by atoms with Gasteiger partial charge in [0.1, 0.15) is 11.4 Å². The molecule has 2 aromatic rings. The van der Waals surface area contributed by atoms with Gasteiger partial charge < -0.3 is 14.6 Å². The first-order chi connectivity index (χ1) is 9.18. The summed E-state index contributed by atoms with van der Waals surface area (Å²) < 4.78 is 1.80. The Kier molecular flexibility index (Phi) is 2.78. The number of para-hydroxylation sites is 1. The minimum absolute atomic E-state index is 0.0602. The number of hydrogen-bond acceptors (Lipinski definition) is 2. The average molecular weight is 256 g/mol. The predicted octanol–water partition coefficient (Wildman–Crippen LogP) is 2.32. The highest BCUT2D eigenvalue weighted by molar-refractivity contribution is 6.06. The topological polar surface area (TPSA) is 45.5 Å². The van der Waals surface area contributed by atoms with Crippen LogP contribution in [0.2, 0.25) is 0 Å². The third-order valence-electron chi connectivity index (χ3n) is 3.60. The van der Waals surface area contributed by atoms with Gasteiger partial charge in [-0.3, -0.25) is 4.79 Å². The molecule has 0 radical (unpaired) electrons. The molecule has 0 atom stereocenters. The molecule has 1 N–H and O–H groups in total. The SMILES string of the molecule is Cn1cccc1C(=O)N1CCCc2cccc(O)c21. The maximum absolute atomic E-state index is 12.6. The van der Waals surface area contributed by atoms with Crippen LogP contribution >= 0.6 is 0 Å². The Hall–Kier alpha value is -2.23. The van der Waals surface area contributed by atoms with E-state index < -0.39 is 0 Å². The van der Waals surface area contributed by atoms with Crippen molar-refractivity contribution in [2.45, 2.75) is 12.8 Å². The van der Waals surface area contributed by atoms with E-state index in [9.17, 15) is 9.90 Å². The lowest BCUT2D eigenvalue weighted by atomic mass is 10.0. The summed E-state index contributed by atoms with van der Waals surface area (Å²) in [6.45, 7) is 0.647. The van der Waals surface area contributed by atoms with E-state index >= 15 is 0 Å². The summed E-state index contributed by atoms with van der Waals surface area (Å²) in [7, 11) is 1.85. The molecule has 0 fully saturated rings. The van der Waals surface area contributed by atoms with Crippen molar-refractivity contribution in [3.63, 3.8) is 0 Å². The number of aryl methyl sites for hydroxylation is 2. The lowest BCUT2D eigenvalue weighted by Crippen LogP contribution is -2.36. The van der Waals surface area contributed by atoms with E-state index in [0.717, 1.165) is 18.4 Å². The molecule has 0 aliphatic carbocycles. The number of carbonyl (C=O) groups is 1. The molecule has 3 rings (SSSR count). The summed E-state index contributed by atoms with van der Waals surface area (Å²) in [4.78, 5) is 14.3. The summed E-state index contributed by atoms with van der Waals surface area (Å²) in [6.07, 6.45) is 3.68. The number of phenols is 1. The van der Waals surface area contributed by atoms with Crippen LogP contribution in [0.25, 0.3) is 0 Å². The second kappa shape index (κ2) is 4.46. The zero-order valence-electron chi connectivity index (χ0n) is 10.8. The molecule has 98 valence electrons. The van der Waals surface area contributed by atoms with Gasteiger partial charge in [0.25, 0.3) is 5.91 Å². The fourth-order valence-electron chi connectivity index (χ4n) is 2.66. The van der Waals surface area contributed by atoms with E-state index in [1.165, 1.54) is 0 Å². The minimum Gasteiger partial charge on any atom is -0.506 e. The summed E-state index contributed by atoms with van der Waals surface area (Å²) >= 11 is 0. The van der Waals surface area contributed by atoms with Crippen LogP contribution in [0.4, 0.5) is 5.69 Å². The Morgan fingerprint density at radius 1 is 1.26 bits per heavy atom. The normalized spacial score (nSPS) is 14.3. The number of phenolic OH excluding ortho intramolecular Hbond substituents is 1. The fourth-order valence-corrected chi connectivity index (χ4v) is 2.66. The van der Waals surface area contributed by atoms with Crippen LogP contribution in [0.5, 0.6) is 5.75 Å². The first-order valence-electron chi connectivity index (χ1n) is 6.42. The third kappa shape index (κ3) is 1.89. The molecular weight excluding hydrogens is 240 g/mol. The van der Waals surface area contributed by atoms with Gasteiger partial charge in [0, 0.05) is 19.8 Å². The van der Waals surface area contributed by atoms with Crippen molar-refractivity contribution in [2.75, 3.05) is 11.4 Å². The summed E-state index contributed by atoms with van der Waals surface area (Å²) in [6, 6.07) is 9.08. The zero-order chi connectivity index (χ0) is 13.4. The second-order valence-electron chi connectivity index (χ2n) is 4.85. The Morgan fingerprint density at radius 3 is 2.84 bits per heavy atom. The number of rotatable bonds is 1. The van der Waals surface area contributed by atoms with Crippen molar-refractivity contribution in [3.8, 4) is 5.75 Å². The molecule has 1 amide bonds. The average Bonchev–Trinajstić information content (AvgIpc) is 2.84. The highest BCUT2D eigenvalue weighted by atomic mass is 16.3. The Morgan fingerprint density at radius 2 is 2.11 bits per heavy atom. The quantitative estimate of drug-likeness (QED) is 0.851. The van der Waals surface area contributed by atoms with Crippen LogP contribution in [0.1, 0.15) is 22.5 Å². The summed E-state index contributed by atoms with van der Waals surface area (Å²) in [5, 5.41) is 10.0. The molecule has 1 aliphatic rings. The number of fused-ring (bicyclic) bond motifs is 1. The Bertz CT molecular complexity index is 631. The smallest absolute Gasteiger partial charge is 0.274 e. The van der Waals surface area contributed by atoms with Crippen molar-refractivity contribution in [1.82, 2.24) is 4.57 Å². The highest BCUT2D eigenvalue weighted by Gasteiger charge is 2.27. The number of amides is 1. The molecule has 4 heteroatoms. The van der Waals surface area contributed by atoms with Crippen LogP contribution in [0.15, 0.2) is 36.5 Å². The number of carbonyl (C=O) groups excluding carboxylic acids is 1. The molecule has 19 heavy (non-hydrogen) atoms. The van der Waals surface area contributed by atoms with E-state index in [1.807, 2.05) is 31.4 Å². The van der Waals surface area contributed by atoms with Gasteiger partial charge in [-0.25, -0.2) is 0 Å². The number of hydrogen-bond donors (Lipinski definition) is 1. The molecule has 4 nitrogen and oxygen atoms in total. The third-order valence-corrected chi connectivity index (χ3v) is 3.60. The van der Waals surface area contributed by atoms with E-state index in [4.69, 9.17) is 0 Å². The van der Waals surface area contributed by atoms with E-state index in [2.05, 4.69) is 0 Å². The van der Waals surface area contributed by atoms with Crippen LogP contribution in [0.3, 0.4) is 0 Å². The zero-order valence-corrected chi connectivity index (χ0v) is 10.8. The van der Waals surface area contributed by atoms with Crippen molar-refractivity contribution < 1.29 is 9.90 Å². The molecule has 0 saturated carbocycles. The van der Waals surface area contributed by atoms with Crippen LogP contribution in [-0.4, -0.2) is 22.1 Å². The van der Waals surface area contributed by atoms with E-state index in [1.54, 1.807) is 21.6 Å². The van der Waals surface area contributed by atoms with Gasteiger partial charge in [-0.15, -0.1) is 0 Å². The molecular formula is C15H16N2O2. The van der Waals surface area contributed by atoms with Crippen molar-refractivity contribution in [1.29, 1.82) is 0 Å². The van der Waals surface area contributed by atoms with Gasteiger partial charge in [0.05, 0.1) is 5.69 Å². The standard InChI is InChI=1S/C15H16N2O2/c1-16-9-4-7-12(16)15(19)17-10-3-6-11-5-2-8-13(18)14(11)17/h2,4-5,7-9,18H,3,6,10H2,1H3. The molecule has 2 heterocycles. The maximum atomic E-state index is 12.6. The molecule has 0 bridgehead atoms. The minimum atomic E-state index is -0.0602. The first kappa shape index (κ1) is 11.8. The van der Waals surface area contributed by atoms with E-state index in [0.29, 0.717) is 17.9 Å². The molecule has 1 aromatic carbocycles. The highest BCUT2D eigenvalue weighted by Crippen LogP contribution is 2.36. The van der Waals surface area contributed by atoms with Gasteiger partial charge in [-0.1, -0.05) is 12.1 Å². The van der Waals surface area contributed by atoms with Gasteiger partial charge >= 0.3 is 0 Å². The van der Waals surface area contributed by atoms with E-state index in [-0.39, 0.29) is 11.7 Å². The molecule has 0 unspecified atom stereocenters. The monoisotopic (exact) mass is 256 g/mol. The molecule has 1 aromatic heterocycles. The Balaban J connectivity index is 2.05. The number of anilines is 1. The van der Waals surface area contributed by atoms with Crippen LogP contribution < -0.4 is 4.90 Å². The lowest BCUT2D eigenvalue weighted by molar-refractivity contribution is 0.0976. The number of nitrogens with zero attached hydrogens (tertiary/aromatic N) is 2. The predicted molar refractivity (Wildman–Crippen MR) is 73.5 cm³/mol. The van der Waals surface area contributed by atoms with Crippen molar-refractivity contribution >= 4 is 11.6 Å². The Labute approximate surface area is 111 Å². The fraction of sp³-hybridized carbons (Fsp3) is 0.267. The number of benzene rings is 1.